The molecule has 0 aliphatic carbocycles. The summed E-state index contributed by atoms with van der Waals surface area (Å²) in [7, 11) is 0. The third kappa shape index (κ3) is 3.85. The highest BCUT2D eigenvalue weighted by Gasteiger charge is 2.00. The topological polar surface area (TPSA) is 48.1 Å². The predicted octanol–water partition coefficient (Wildman–Crippen LogP) is 1.36. The summed E-state index contributed by atoms with van der Waals surface area (Å²) in [6.07, 6.45) is 1.92. The van der Waals surface area contributed by atoms with Gasteiger partial charge >= 0.3 is 0 Å². The van der Waals surface area contributed by atoms with E-state index < -0.39 is 0 Å². The minimum atomic E-state index is 0.708. The summed E-state index contributed by atoms with van der Waals surface area (Å²) in [5.41, 5.74) is 8.35. The van der Waals surface area contributed by atoms with Gasteiger partial charge in [0.05, 0.1) is 17.8 Å². The molecule has 1 heterocycles. The Labute approximate surface area is 82.9 Å². The van der Waals surface area contributed by atoms with Crippen molar-refractivity contribution in [1.29, 1.82) is 0 Å². The fourth-order valence-corrected chi connectivity index (χ4v) is 1.78. The number of nitrogens with zero attached hydrogens (tertiary/aromatic N) is 1. The van der Waals surface area contributed by atoms with Crippen LogP contribution in [0.1, 0.15) is 17.0 Å². The number of nitrogens with two attached hydrogens (primary N) is 1. The molecule has 0 spiro atoms. The summed E-state index contributed by atoms with van der Waals surface area (Å²) >= 11 is 1.70. The van der Waals surface area contributed by atoms with Gasteiger partial charge in [0, 0.05) is 17.9 Å². The van der Waals surface area contributed by atoms with Gasteiger partial charge in [0.1, 0.15) is 0 Å². The van der Waals surface area contributed by atoms with Crippen molar-refractivity contribution in [2.45, 2.75) is 19.8 Å². The third-order valence-electron chi connectivity index (χ3n) is 1.81. The molecule has 0 atom stereocenters. The molecular formula is C9H16N2OS. The summed E-state index contributed by atoms with van der Waals surface area (Å²) in [5, 5.41) is 0. The van der Waals surface area contributed by atoms with E-state index in [0.29, 0.717) is 6.54 Å². The van der Waals surface area contributed by atoms with Crippen LogP contribution < -0.4 is 5.73 Å². The van der Waals surface area contributed by atoms with Crippen molar-refractivity contribution >= 4 is 11.3 Å². The number of aryl methyl sites for hydroxylation is 1. The molecule has 0 unspecified atom stereocenters. The molecule has 0 aliphatic rings. The molecule has 0 amide bonds. The van der Waals surface area contributed by atoms with Crippen LogP contribution in [0.5, 0.6) is 0 Å². The standard InChI is InChI=1S/C9H16N2OS/c1-8-9(13-7-11-8)3-6-12-5-2-4-10/h7H,2-6,10H2,1H3. The Balaban J connectivity index is 2.10. The van der Waals surface area contributed by atoms with Crippen LogP contribution in [0.4, 0.5) is 0 Å². The van der Waals surface area contributed by atoms with E-state index in [1.54, 1.807) is 11.3 Å². The first-order valence-electron chi connectivity index (χ1n) is 4.51. The zero-order valence-corrected chi connectivity index (χ0v) is 8.77. The zero-order chi connectivity index (χ0) is 9.52. The number of rotatable bonds is 6. The van der Waals surface area contributed by atoms with Crippen LogP contribution in [0.25, 0.3) is 0 Å². The van der Waals surface area contributed by atoms with Crippen molar-refractivity contribution in [3.05, 3.63) is 16.1 Å². The monoisotopic (exact) mass is 200 g/mol. The normalized spacial score (nSPS) is 10.6. The number of ether oxygens (including phenoxy) is 1. The van der Waals surface area contributed by atoms with Gasteiger partial charge in [0.25, 0.3) is 0 Å². The van der Waals surface area contributed by atoms with E-state index in [1.807, 2.05) is 12.4 Å². The summed E-state index contributed by atoms with van der Waals surface area (Å²) < 4.78 is 5.40. The van der Waals surface area contributed by atoms with Crippen LogP contribution in [0.15, 0.2) is 5.51 Å². The third-order valence-corrected chi connectivity index (χ3v) is 2.81. The molecule has 0 saturated carbocycles. The molecule has 13 heavy (non-hydrogen) atoms. The van der Waals surface area contributed by atoms with Gasteiger partial charge < -0.3 is 10.5 Å². The molecule has 3 nitrogen and oxygen atoms in total. The minimum Gasteiger partial charge on any atom is -0.381 e. The Morgan fingerprint density at radius 3 is 3.00 bits per heavy atom. The molecule has 1 rings (SSSR count). The van der Waals surface area contributed by atoms with Crippen LogP contribution >= 0.6 is 11.3 Å². The van der Waals surface area contributed by atoms with Crippen LogP contribution in [-0.2, 0) is 11.2 Å². The van der Waals surface area contributed by atoms with Crippen molar-refractivity contribution in [2.75, 3.05) is 19.8 Å². The average Bonchev–Trinajstić information content (AvgIpc) is 2.52. The molecule has 0 saturated heterocycles. The van der Waals surface area contributed by atoms with E-state index in [9.17, 15) is 0 Å². The molecule has 4 heteroatoms. The van der Waals surface area contributed by atoms with E-state index in [4.69, 9.17) is 10.5 Å². The van der Waals surface area contributed by atoms with Gasteiger partial charge in [0.2, 0.25) is 0 Å². The molecule has 74 valence electrons. The van der Waals surface area contributed by atoms with Crippen molar-refractivity contribution in [1.82, 2.24) is 4.98 Å². The van der Waals surface area contributed by atoms with E-state index in [1.165, 1.54) is 4.88 Å². The maximum absolute atomic E-state index is 5.40. The number of aromatic nitrogens is 1. The van der Waals surface area contributed by atoms with Crippen molar-refractivity contribution in [3.63, 3.8) is 0 Å². The van der Waals surface area contributed by atoms with Crippen LogP contribution in [-0.4, -0.2) is 24.7 Å². The van der Waals surface area contributed by atoms with Crippen molar-refractivity contribution < 1.29 is 4.74 Å². The summed E-state index contributed by atoms with van der Waals surface area (Å²) in [4.78, 5) is 5.50. The smallest absolute Gasteiger partial charge is 0.0797 e. The Bertz CT molecular complexity index is 237. The molecule has 0 aromatic carbocycles. The lowest BCUT2D eigenvalue weighted by Crippen LogP contribution is -2.06. The highest BCUT2D eigenvalue weighted by Crippen LogP contribution is 2.12. The lowest BCUT2D eigenvalue weighted by molar-refractivity contribution is 0.136. The maximum Gasteiger partial charge on any atom is 0.0797 e. The first-order chi connectivity index (χ1) is 6.34. The van der Waals surface area contributed by atoms with E-state index >= 15 is 0 Å². The molecule has 0 radical (unpaired) electrons. The van der Waals surface area contributed by atoms with Crippen LogP contribution in [0.2, 0.25) is 0 Å². The Morgan fingerprint density at radius 2 is 2.38 bits per heavy atom. The highest BCUT2D eigenvalue weighted by molar-refractivity contribution is 7.09. The van der Waals surface area contributed by atoms with Gasteiger partial charge in [-0.1, -0.05) is 0 Å². The summed E-state index contributed by atoms with van der Waals surface area (Å²) in [6.45, 7) is 4.29. The van der Waals surface area contributed by atoms with Crippen molar-refractivity contribution in [3.8, 4) is 0 Å². The molecular weight excluding hydrogens is 184 g/mol. The molecule has 2 N–H and O–H groups in total. The maximum atomic E-state index is 5.40. The summed E-state index contributed by atoms with van der Waals surface area (Å²) in [5.74, 6) is 0. The predicted molar refractivity (Wildman–Crippen MR) is 55.0 cm³/mol. The quantitative estimate of drug-likeness (QED) is 0.705. The van der Waals surface area contributed by atoms with Gasteiger partial charge in [-0.15, -0.1) is 11.3 Å². The second kappa shape index (κ2) is 6.07. The van der Waals surface area contributed by atoms with Gasteiger partial charge in [-0.2, -0.15) is 0 Å². The Kier molecular flexibility index (Phi) is 4.97. The summed E-state index contributed by atoms with van der Waals surface area (Å²) in [6, 6.07) is 0. The fraction of sp³-hybridized carbons (Fsp3) is 0.667. The minimum absolute atomic E-state index is 0.708. The number of hydrogen-bond donors (Lipinski definition) is 1. The largest absolute Gasteiger partial charge is 0.381 e. The first-order valence-corrected chi connectivity index (χ1v) is 5.39. The molecule has 1 aromatic rings. The van der Waals surface area contributed by atoms with Gasteiger partial charge in [0.15, 0.2) is 0 Å². The van der Waals surface area contributed by atoms with Crippen molar-refractivity contribution in [2.24, 2.45) is 5.73 Å². The van der Waals surface area contributed by atoms with E-state index in [0.717, 1.165) is 31.7 Å². The zero-order valence-electron chi connectivity index (χ0n) is 7.95. The molecule has 0 bridgehead atoms. The van der Waals surface area contributed by atoms with E-state index in [-0.39, 0.29) is 0 Å². The van der Waals surface area contributed by atoms with Gasteiger partial charge in [-0.25, -0.2) is 4.98 Å². The van der Waals surface area contributed by atoms with Gasteiger partial charge in [-0.05, 0) is 19.9 Å². The number of hydrogen-bond acceptors (Lipinski definition) is 4. The highest BCUT2D eigenvalue weighted by atomic mass is 32.1. The molecule has 0 aliphatic heterocycles. The lowest BCUT2D eigenvalue weighted by atomic mass is 10.3. The number of thiazole rings is 1. The second-order valence-electron chi connectivity index (χ2n) is 2.87. The average molecular weight is 200 g/mol. The molecule has 1 aromatic heterocycles. The molecule has 0 fully saturated rings. The van der Waals surface area contributed by atoms with Gasteiger partial charge in [-0.3, -0.25) is 0 Å². The van der Waals surface area contributed by atoms with E-state index in [2.05, 4.69) is 4.98 Å². The first kappa shape index (κ1) is 10.6. The van der Waals surface area contributed by atoms with Crippen LogP contribution in [0.3, 0.4) is 0 Å². The Morgan fingerprint density at radius 1 is 1.54 bits per heavy atom. The Hall–Kier alpha value is -0.450. The SMILES string of the molecule is Cc1ncsc1CCOCCCN. The van der Waals surface area contributed by atoms with Crippen LogP contribution in [0, 0.1) is 6.92 Å². The lowest BCUT2D eigenvalue weighted by Gasteiger charge is -2.01. The fourth-order valence-electron chi connectivity index (χ4n) is 1.02. The second-order valence-corrected chi connectivity index (χ2v) is 3.80.